The highest BCUT2D eigenvalue weighted by molar-refractivity contribution is 6.28. The maximum absolute atomic E-state index is 5.75. The second-order valence-electron chi connectivity index (χ2n) is 3.10. The van der Waals surface area contributed by atoms with Crippen LogP contribution in [0.4, 0.5) is 0 Å². The molecule has 0 fully saturated rings. The zero-order valence-corrected chi connectivity index (χ0v) is 9.56. The van der Waals surface area contributed by atoms with Crippen LogP contribution in [0.25, 0.3) is 11.4 Å². The van der Waals surface area contributed by atoms with Gasteiger partial charge >= 0.3 is 6.01 Å². The number of hydrogen-bond acceptors (Lipinski definition) is 5. The molecule has 0 saturated heterocycles. The first-order chi connectivity index (χ1) is 7.69. The summed E-state index contributed by atoms with van der Waals surface area (Å²) in [5, 5.41) is 0.0995. The number of halogens is 1. The van der Waals surface area contributed by atoms with E-state index in [1.165, 1.54) is 7.11 Å². The first-order valence-corrected chi connectivity index (χ1v) is 4.95. The molecule has 0 N–H and O–H groups in total. The van der Waals surface area contributed by atoms with E-state index in [4.69, 9.17) is 16.3 Å². The molecule has 0 atom stereocenters. The normalized spacial score (nSPS) is 10.2. The first-order valence-electron chi connectivity index (χ1n) is 4.57. The minimum absolute atomic E-state index is 0.0995. The monoisotopic (exact) mass is 236 g/mol. The standard InChI is InChI=1S/C10H9ClN4O/c1-6-3-4-7(5-12-6)8-13-9(11)15-10(14-8)16-2/h3-5H,1-2H3. The van der Waals surface area contributed by atoms with E-state index in [9.17, 15) is 0 Å². The molecule has 0 unspecified atom stereocenters. The highest BCUT2D eigenvalue weighted by atomic mass is 35.5. The molecule has 2 aromatic heterocycles. The van der Waals surface area contributed by atoms with Crippen LogP contribution in [0.1, 0.15) is 5.69 Å². The average Bonchev–Trinajstić information content (AvgIpc) is 2.29. The van der Waals surface area contributed by atoms with Gasteiger partial charge in [0.15, 0.2) is 5.82 Å². The van der Waals surface area contributed by atoms with E-state index >= 15 is 0 Å². The van der Waals surface area contributed by atoms with Crippen molar-refractivity contribution in [2.24, 2.45) is 0 Å². The van der Waals surface area contributed by atoms with E-state index < -0.39 is 0 Å². The van der Waals surface area contributed by atoms with Crippen molar-refractivity contribution < 1.29 is 4.74 Å². The molecule has 16 heavy (non-hydrogen) atoms. The highest BCUT2D eigenvalue weighted by Gasteiger charge is 2.07. The number of hydrogen-bond donors (Lipinski definition) is 0. The van der Waals surface area contributed by atoms with Crippen molar-refractivity contribution in [3.8, 4) is 17.4 Å². The van der Waals surface area contributed by atoms with Gasteiger partial charge in [0.25, 0.3) is 0 Å². The number of aromatic nitrogens is 4. The SMILES string of the molecule is COc1nc(Cl)nc(-c2ccc(C)nc2)n1. The van der Waals surface area contributed by atoms with Crippen molar-refractivity contribution in [1.29, 1.82) is 0 Å². The highest BCUT2D eigenvalue weighted by Crippen LogP contribution is 2.17. The van der Waals surface area contributed by atoms with E-state index in [-0.39, 0.29) is 11.3 Å². The first kappa shape index (κ1) is 10.8. The Hall–Kier alpha value is -1.75. The molecule has 0 aromatic carbocycles. The summed E-state index contributed by atoms with van der Waals surface area (Å²) in [6, 6.07) is 3.93. The van der Waals surface area contributed by atoms with E-state index in [1.54, 1.807) is 6.20 Å². The van der Waals surface area contributed by atoms with Crippen LogP contribution in [0.15, 0.2) is 18.3 Å². The molecule has 5 nitrogen and oxygen atoms in total. The van der Waals surface area contributed by atoms with E-state index in [0.29, 0.717) is 5.82 Å². The molecule has 0 saturated carbocycles. The van der Waals surface area contributed by atoms with Crippen molar-refractivity contribution >= 4 is 11.6 Å². The summed E-state index contributed by atoms with van der Waals surface area (Å²) in [6.07, 6.45) is 1.68. The van der Waals surface area contributed by atoms with Gasteiger partial charge in [-0.05, 0) is 30.7 Å². The summed E-state index contributed by atoms with van der Waals surface area (Å²) in [4.78, 5) is 16.0. The second kappa shape index (κ2) is 4.40. The number of aryl methyl sites for hydroxylation is 1. The maximum Gasteiger partial charge on any atom is 0.321 e. The topological polar surface area (TPSA) is 60.8 Å². The van der Waals surface area contributed by atoms with Crippen LogP contribution in [0, 0.1) is 6.92 Å². The van der Waals surface area contributed by atoms with Gasteiger partial charge in [0, 0.05) is 17.5 Å². The van der Waals surface area contributed by atoms with Crippen molar-refractivity contribution in [2.45, 2.75) is 6.92 Å². The Balaban J connectivity index is 2.47. The van der Waals surface area contributed by atoms with Crippen molar-refractivity contribution in [3.63, 3.8) is 0 Å². The zero-order chi connectivity index (χ0) is 11.5. The Kier molecular flexibility index (Phi) is 2.96. The third-order valence-corrected chi connectivity index (χ3v) is 2.11. The van der Waals surface area contributed by atoms with Crippen LogP contribution >= 0.6 is 11.6 Å². The second-order valence-corrected chi connectivity index (χ2v) is 3.44. The lowest BCUT2D eigenvalue weighted by atomic mass is 10.2. The molecule has 0 amide bonds. The molecule has 0 aliphatic rings. The lowest BCUT2D eigenvalue weighted by molar-refractivity contribution is 0.379. The smallest absolute Gasteiger partial charge is 0.321 e. The van der Waals surface area contributed by atoms with Gasteiger partial charge in [0.2, 0.25) is 5.28 Å². The summed E-state index contributed by atoms with van der Waals surface area (Å²) in [5.74, 6) is 0.448. The van der Waals surface area contributed by atoms with Gasteiger partial charge in [-0.2, -0.15) is 15.0 Å². The van der Waals surface area contributed by atoms with Crippen LogP contribution in [-0.2, 0) is 0 Å². The van der Waals surface area contributed by atoms with E-state index in [2.05, 4.69) is 19.9 Å². The zero-order valence-electron chi connectivity index (χ0n) is 8.81. The van der Waals surface area contributed by atoms with Gasteiger partial charge in [0.1, 0.15) is 0 Å². The fourth-order valence-electron chi connectivity index (χ4n) is 1.15. The van der Waals surface area contributed by atoms with Crippen molar-refractivity contribution in [1.82, 2.24) is 19.9 Å². The average molecular weight is 237 g/mol. The minimum atomic E-state index is 0.0995. The third kappa shape index (κ3) is 2.25. The van der Waals surface area contributed by atoms with Crippen molar-refractivity contribution in [2.75, 3.05) is 7.11 Å². The summed E-state index contributed by atoms with van der Waals surface area (Å²) < 4.78 is 4.91. The van der Waals surface area contributed by atoms with Crippen LogP contribution in [0.5, 0.6) is 6.01 Å². The summed E-state index contributed by atoms with van der Waals surface area (Å²) in [5.41, 5.74) is 1.70. The Morgan fingerprint density at radius 1 is 1.19 bits per heavy atom. The predicted octanol–water partition coefficient (Wildman–Crippen LogP) is 1.90. The van der Waals surface area contributed by atoms with Crippen LogP contribution in [-0.4, -0.2) is 27.0 Å². The van der Waals surface area contributed by atoms with Gasteiger partial charge in [-0.1, -0.05) is 0 Å². The molecule has 0 bridgehead atoms. The molecule has 0 aliphatic carbocycles. The Labute approximate surface area is 97.5 Å². The summed E-state index contributed by atoms with van der Waals surface area (Å²) in [7, 11) is 1.48. The van der Waals surface area contributed by atoms with Crippen LogP contribution in [0.2, 0.25) is 5.28 Å². The van der Waals surface area contributed by atoms with E-state index in [0.717, 1.165) is 11.3 Å². The molecule has 0 spiro atoms. The number of pyridine rings is 1. The molecule has 0 radical (unpaired) electrons. The van der Waals surface area contributed by atoms with Crippen molar-refractivity contribution in [3.05, 3.63) is 29.3 Å². The van der Waals surface area contributed by atoms with Gasteiger partial charge in [-0.25, -0.2) is 0 Å². The minimum Gasteiger partial charge on any atom is -0.467 e. The molecule has 82 valence electrons. The van der Waals surface area contributed by atoms with Gasteiger partial charge in [-0.3, -0.25) is 4.98 Å². The fourth-order valence-corrected chi connectivity index (χ4v) is 1.30. The Bertz CT molecular complexity index is 501. The molecule has 6 heteroatoms. The molecular weight excluding hydrogens is 228 g/mol. The molecular formula is C10H9ClN4O. The Morgan fingerprint density at radius 2 is 2.00 bits per heavy atom. The number of nitrogens with zero attached hydrogens (tertiary/aromatic N) is 4. The number of ether oxygens (including phenoxy) is 1. The maximum atomic E-state index is 5.75. The number of methoxy groups -OCH3 is 1. The largest absolute Gasteiger partial charge is 0.467 e. The quantitative estimate of drug-likeness (QED) is 0.797. The lowest BCUT2D eigenvalue weighted by Gasteiger charge is -2.02. The van der Waals surface area contributed by atoms with Gasteiger partial charge in [0.05, 0.1) is 7.11 Å². The van der Waals surface area contributed by atoms with Gasteiger partial charge < -0.3 is 4.74 Å². The molecule has 2 heterocycles. The Morgan fingerprint density at radius 3 is 2.62 bits per heavy atom. The predicted molar refractivity (Wildman–Crippen MR) is 59.4 cm³/mol. The van der Waals surface area contributed by atoms with Gasteiger partial charge in [-0.15, -0.1) is 0 Å². The lowest BCUT2D eigenvalue weighted by Crippen LogP contribution is -1.98. The summed E-state index contributed by atoms with van der Waals surface area (Å²) >= 11 is 5.75. The fraction of sp³-hybridized carbons (Fsp3) is 0.200. The summed E-state index contributed by atoms with van der Waals surface area (Å²) in [6.45, 7) is 1.91. The number of rotatable bonds is 2. The molecule has 0 aliphatic heterocycles. The molecule has 2 rings (SSSR count). The van der Waals surface area contributed by atoms with Crippen LogP contribution in [0.3, 0.4) is 0 Å². The third-order valence-electron chi connectivity index (χ3n) is 1.94. The van der Waals surface area contributed by atoms with Crippen LogP contribution < -0.4 is 4.74 Å². The molecule has 2 aromatic rings. The van der Waals surface area contributed by atoms with E-state index in [1.807, 2.05) is 19.1 Å².